The van der Waals surface area contributed by atoms with Crippen LogP contribution in [0, 0.1) is 18.2 Å². The van der Waals surface area contributed by atoms with Crippen molar-refractivity contribution in [3.8, 4) is 0 Å². The van der Waals surface area contributed by atoms with Gasteiger partial charge in [0.1, 0.15) is 5.82 Å². The monoisotopic (exact) mass is 253 g/mol. The normalized spacial score (nSPS) is 10.9. The van der Waals surface area contributed by atoms with Crippen LogP contribution in [0.25, 0.3) is 0 Å². The van der Waals surface area contributed by atoms with Gasteiger partial charge in [-0.15, -0.1) is 0 Å². The summed E-state index contributed by atoms with van der Waals surface area (Å²) in [5, 5.41) is 0. The molecule has 1 N–H and O–H groups in total. The number of benzene rings is 1. The molecule has 1 rings (SSSR count). The van der Waals surface area contributed by atoms with Crippen molar-refractivity contribution in [3.63, 3.8) is 0 Å². The lowest BCUT2D eigenvalue weighted by Crippen LogP contribution is -2.33. The summed E-state index contributed by atoms with van der Waals surface area (Å²) in [4.78, 5) is 27.7. The van der Waals surface area contributed by atoms with Gasteiger partial charge in [0.2, 0.25) is 0 Å². The fraction of sp³-hybridized carbons (Fsp3) is 0.385. The quantitative estimate of drug-likeness (QED) is 0.782. The molecule has 1 amide bonds. The second-order valence-electron chi connectivity index (χ2n) is 5.05. The van der Waals surface area contributed by atoms with Crippen molar-refractivity contribution in [1.29, 1.82) is 0 Å². The smallest absolute Gasteiger partial charge is 0.337 e. The third-order valence-electron chi connectivity index (χ3n) is 2.22. The third kappa shape index (κ3) is 3.55. The Kier molecular flexibility index (Phi) is 4.06. The third-order valence-corrected chi connectivity index (χ3v) is 2.22. The van der Waals surface area contributed by atoms with E-state index in [-0.39, 0.29) is 5.56 Å². The Hall–Kier alpha value is -1.91. The molecule has 0 bridgehead atoms. The number of nitrogens with one attached hydrogen (secondary N) is 1. The molecule has 0 unspecified atom stereocenters. The van der Waals surface area contributed by atoms with Gasteiger partial charge in [0, 0.05) is 0 Å². The van der Waals surface area contributed by atoms with Crippen LogP contribution in [0.4, 0.5) is 4.39 Å². The van der Waals surface area contributed by atoms with Crippen LogP contribution in [0.5, 0.6) is 0 Å². The van der Waals surface area contributed by atoms with Crippen molar-refractivity contribution in [2.75, 3.05) is 0 Å². The van der Waals surface area contributed by atoms with E-state index < -0.39 is 23.1 Å². The number of hydrogen-bond acceptors (Lipinski definition) is 3. The molecule has 0 aliphatic rings. The summed E-state index contributed by atoms with van der Waals surface area (Å²) in [6.45, 7) is 6.68. The second-order valence-corrected chi connectivity index (χ2v) is 5.05. The van der Waals surface area contributed by atoms with Crippen LogP contribution in [0.15, 0.2) is 18.2 Å². The van der Waals surface area contributed by atoms with E-state index in [4.69, 9.17) is 0 Å². The number of amides is 1. The van der Waals surface area contributed by atoms with Gasteiger partial charge in [-0.25, -0.2) is 9.18 Å². The summed E-state index contributed by atoms with van der Waals surface area (Å²) < 4.78 is 13.4. The van der Waals surface area contributed by atoms with Gasteiger partial charge >= 0.3 is 5.97 Å². The lowest BCUT2D eigenvalue weighted by Gasteiger charge is -2.16. The largest absolute Gasteiger partial charge is 0.340 e. The van der Waals surface area contributed by atoms with Gasteiger partial charge in [-0.3, -0.25) is 4.79 Å². The molecule has 0 saturated heterocycles. The fourth-order valence-electron chi connectivity index (χ4n) is 1.11. The van der Waals surface area contributed by atoms with E-state index in [9.17, 15) is 14.0 Å². The number of rotatable bonds is 1. The first kappa shape index (κ1) is 14.2. The highest BCUT2D eigenvalue weighted by Crippen LogP contribution is 2.15. The molecule has 1 aromatic rings. The second kappa shape index (κ2) is 5.16. The molecule has 0 radical (unpaired) electrons. The number of hydroxylamine groups is 1. The van der Waals surface area contributed by atoms with Crippen LogP contribution in [-0.2, 0) is 9.63 Å². The van der Waals surface area contributed by atoms with Gasteiger partial charge in [-0.05, 0) is 39.8 Å². The molecule has 0 aliphatic carbocycles. The standard InChI is InChI=1S/C13H16FNO3/c1-8-5-6-10(14)9(7-8)11(16)15-18-12(17)13(2,3)4/h5-7H,1-4H3,(H,15,16). The average molecular weight is 253 g/mol. The van der Waals surface area contributed by atoms with E-state index in [1.54, 1.807) is 33.8 Å². The Labute approximate surface area is 105 Å². The van der Waals surface area contributed by atoms with Crippen LogP contribution in [-0.4, -0.2) is 11.9 Å². The first-order valence-electron chi connectivity index (χ1n) is 5.49. The van der Waals surface area contributed by atoms with E-state index in [1.165, 1.54) is 12.1 Å². The van der Waals surface area contributed by atoms with Crippen LogP contribution in [0.3, 0.4) is 0 Å². The fourth-order valence-corrected chi connectivity index (χ4v) is 1.11. The van der Waals surface area contributed by atoms with Crippen molar-refractivity contribution in [3.05, 3.63) is 35.1 Å². The summed E-state index contributed by atoms with van der Waals surface area (Å²) in [5.41, 5.74) is 1.79. The Morgan fingerprint density at radius 2 is 1.89 bits per heavy atom. The van der Waals surface area contributed by atoms with Gasteiger partial charge in [0.15, 0.2) is 0 Å². The topological polar surface area (TPSA) is 55.4 Å². The molecule has 18 heavy (non-hydrogen) atoms. The summed E-state index contributed by atoms with van der Waals surface area (Å²) in [6.07, 6.45) is 0. The number of hydrogen-bond donors (Lipinski definition) is 1. The molecule has 98 valence electrons. The summed E-state index contributed by atoms with van der Waals surface area (Å²) in [6, 6.07) is 4.12. The minimum Gasteiger partial charge on any atom is -0.340 e. The van der Waals surface area contributed by atoms with Crippen molar-refractivity contribution in [2.45, 2.75) is 27.7 Å². The molecule has 0 spiro atoms. The molecule has 0 aromatic heterocycles. The predicted octanol–water partition coefficient (Wildman–Crippen LogP) is 2.37. The maximum atomic E-state index is 13.4. The van der Waals surface area contributed by atoms with Crippen LogP contribution >= 0.6 is 0 Å². The number of halogens is 1. The highest BCUT2D eigenvalue weighted by Gasteiger charge is 2.24. The molecule has 0 saturated carbocycles. The van der Waals surface area contributed by atoms with Gasteiger partial charge in [-0.1, -0.05) is 11.6 Å². The van der Waals surface area contributed by atoms with Gasteiger partial charge in [-0.2, -0.15) is 5.48 Å². The Bertz CT molecular complexity index is 478. The summed E-state index contributed by atoms with van der Waals surface area (Å²) >= 11 is 0. The van der Waals surface area contributed by atoms with Gasteiger partial charge < -0.3 is 4.84 Å². The Balaban J connectivity index is 2.72. The molecule has 5 heteroatoms. The van der Waals surface area contributed by atoms with E-state index in [0.717, 1.165) is 5.56 Å². The molecule has 4 nitrogen and oxygen atoms in total. The molecule has 0 fully saturated rings. The predicted molar refractivity (Wildman–Crippen MR) is 64.2 cm³/mol. The molecule has 1 aromatic carbocycles. The van der Waals surface area contributed by atoms with Crippen LogP contribution in [0.2, 0.25) is 0 Å². The maximum absolute atomic E-state index is 13.4. The Morgan fingerprint density at radius 1 is 1.28 bits per heavy atom. The Morgan fingerprint density at radius 3 is 2.44 bits per heavy atom. The molecular formula is C13H16FNO3. The van der Waals surface area contributed by atoms with E-state index in [0.29, 0.717) is 0 Å². The SMILES string of the molecule is Cc1ccc(F)c(C(=O)NOC(=O)C(C)(C)C)c1. The lowest BCUT2D eigenvalue weighted by atomic mass is 9.98. The molecule has 0 aliphatic heterocycles. The number of carbonyl (C=O) groups excluding carboxylic acids is 2. The highest BCUT2D eigenvalue weighted by molar-refractivity contribution is 5.94. The van der Waals surface area contributed by atoms with Gasteiger partial charge in [0.25, 0.3) is 5.91 Å². The highest BCUT2D eigenvalue weighted by atomic mass is 19.1. The van der Waals surface area contributed by atoms with Gasteiger partial charge in [0.05, 0.1) is 11.0 Å². The molecular weight excluding hydrogens is 237 g/mol. The zero-order valence-electron chi connectivity index (χ0n) is 10.8. The number of carbonyl (C=O) groups is 2. The zero-order chi connectivity index (χ0) is 13.9. The average Bonchev–Trinajstić information content (AvgIpc) is 2.27. The van der Waals surface area contributed by atoms with E-state index in [1.807, 2.05) is 5.48 Å². The molecule has 0 atom stereocenters. The summed E-state index contributed by atoms with van der Waals surface area (Å²) in [7, 11) is 0. The first-order valence-corrected chi connectivity index (χ1v) is 5.49. The maximum Gasteiger partial charge on any atom is 0.337 e. The first-order chi connectivity index (χ1) is 8.21. The summed E-state index contributed by atoms with van der Waals surface area (Å²) in [5.74, 6) is -2.04. The minimum absolute atomic E-state index is 0.156. The zero-order valence-corrected chi connectivity index (χ0v) is 10.8. The van der Waals surface area contributed by atoms with E-state index in [2.05, 4.69) is 4.84 Å². The van der Waals surface area contributed by atoms with Crippen LogP contribution < -0.4 is 5.48 Å². The number of aryl methyl sites for hydroxylation is 1. The van der Waals surface area contributed by atoms with E-state index >= 15 is 0 Å². The molecule has 0 heterocycles. The van der Waals surface area contributed by atoms with Crippen molar-refractivity contribution < 1.29 is 18.8 Å². The van der Waals surface area contributed by atoms with Crippen LogP contribution in [0.1, 0.15) is 36.7 Å². The van der Waals surface area contributed by atoms with Crippen molar-refractivity contribution in [2.24, 2.45) is 5.41 Å². The van der Waals surface area contributed by atoms with Crippen molar-refractivity contribution >= 4 is 11.9 Å². The lowest BCUT2D eigenvalue weighted by molar-refractivity contribution is -0.158. The minimum atomic E-state index is -0.784. The van der Waals surface area contributed by atoms with Crippen molar-refractivity contribution in [1.82, 2.24) is 5.48 Å².